The number of aromatic nitrogens is 1. The van der Waals surface area contributed by atoms with Crippen molar-refractivity contribution in [1.29, 1.82) is 0 Å². The van der Waals surface area contributed by atoms with Gasteiger partial charge in [0.2, 0.25) is 11.8 Å². The molecule has 0 saturated carbocycles. The molecule has 3 fully saturated rings. The third kappa shape index (κ3) is 5.39. The number of benzene rings is 1. The van der Waals surface area contributed by atoms with Gasteiger partial charge in [0, 0.05) is 50.5 Å². The van der Waals surface area contributed by atoms with E-state index in [4.69, 9.17) is 9.90 Å². The number of nitrogens with one attached hydrogen (secondary N) is 1. The molecule has 3 aliphatic heterocycles. The Morgan fingerprint density at radius 3 is 2.46 bits per heavy atom. The molecule has 0 spiro atoms. The van der Waals surface area contributed by atoms with Gasteiger partial charge in [0.05, 0.1) is 17.5 Å². The van der Waals surface area contributed by atoms with Crippen LogP contribution in [0.15, 0.2) is 48.7 Å². The average Bonchev–Trinajstić information content (AvgIpc) is 3.31. The molecule has 8 nitrogen and oxygen atoms in total. The SMILES string of the molecule is CN1C(=O)C2C(C1=O)C1CNCCN1C2C=Cc1ccc(-c2cccc(F)c2)cn1.O=C(O)C(F)(F)F. The molecule has 2 amide bonds. The van der Waals surface area contributed by atoms with Crippen molar-refractivity contribution >= 4 is 23.9 Å². The summed E-state index contributed by atoms with van der Waals surface area (Å²) in [6.07, 6.45) is 0.562. The molecule has 2 N–H and O–H groups in total. The first kappa shape index (κ1) is 26.4. The third-order valence-corrected chi connectivity index (χ3v) is 6.76. The Morgan fingerprint density at radius 2 is 1.84 bits per heavy atom. The van der Waals surface area contributed by atoms with Crippen LogP contribution in [0.5, 0.6) is 0 Å². The van der Waals surface area contributed by atoms with Gasteiger partial charge in [0.25, 0.3) is 0 Å². The Balaban J connectivity index is 0.000000405. The van der Waals surface area contributed by atoms with Crippen molar-refractivity contribution in [3.8, 4) is 11.1 Å². The number of carboxylic acid groups (broad SMARTS) is 1. The fourth-order valence-corrected chi connectivity index (χ4v) is 5.05. The van der Waals surface area contributed by atoms with Gasteiger partial charge in [-0.05, 0) is 29.8 Å². The van der Waals surface area contributed by atoms with Crippen LogP contribution >= 0.6 is 0 Å². The maximum atomic E-state index is 13.5. The van der Waals surface area contributed by atoms with Crippen LogP contribution in [0.3, 0.4) is 0 Å². The number of piperazine rings is 1. The Morgan fingerprint density at radius 1 is 1.14 bits per heavy atom. The number of alkyl halides is 3. The number of carbonyl (C=O) groups excluding carboxylic acids is 2. The minimum absolute atomic E-state index is 0.0445. The Kier molecular flexibility index (Phi) is 7.42. The molecule has 196 valence electrons. The number of likely N-dealkylation sites (tertiary alicyclic amines) is 1. The molecule has 12 heteroatoms. The molecule has 3 aliphatic rings. The number of rotatable bonds is 3. The van der Waals surface area contributed by atoms with E-state index in [1.807, 2.05) is 30.4 Å². The van der Waals surface area contributed by atoms with Crippen LogP contribution in [0.4, 0.5) is 17.6 Å². The van der Waals surface area contributed by atoms with E-state index in [1.165, 1.54) is 17.0 Å². The summed E-state index contributed by atoms with van der Waals surface area (Å²) in [5, 5.41) is 10.5. The molecule has 4 heterocycles. The summed E-state index contributed by atoms with van der Waals surface area (Å²) < 4.78 is 45.2. The van der Waals surface area contributed by atoms with Crippen molar-refractivity contribution in [2.75, 3.05) is 26.7 Å². The first-order valence-corrected chi connectivity index (χ1v) is 11.5. The predicted molar refractivity (Wildman–Crippen MR) is 124 cm³/mol. The number of hydrogen-bond donors (Lipinski definition) is 2. The van der Waals surface area contributed by atoms with Gasteiger partial charge in [-0.1, -0.05) is 24.3 Å². The molecule has 1 aromatic heterocycles. The normalized spacial score (nSPS) is 25.6. The largest absolute Gasteiger partial charge is 0.490 e. The van der Waals surface area contributed by atoms with Crippen molar-refractivity contribution in [3.63, 3.8) is 0 Å². The lowest BCUT2D eigenvalue weighted by molar-refractivity contribution is -0.192. The van der Waals surface area contributed by atoms with Crippen molar-refractivity contribution in [2.24, 2.45) is 11.8 Å². The second kappa shape index (κ2) is 10.4. The summed E-state index contributed by atoms with van der Waals surface area (Å²) >= 11 is 0. The molecular weight excluding hydrogens is 496 g/mol. The van der Waals surface area contributed by atoms with E-state index in [-0.39, 0.29) is 41.6 Å². The zero-order valence-electron chi connectivity index (χ0n) is 19.7. The average molecular weight is 520 g/mol. The summed E-state index contributed by atoms with van der Waals surface area (Å²) in [4.78, 5) is 42.4. The minimum atomic E-state index is -5.08. The highest BCUT2D eigenvalue weighted by molar-refractivity contribution is 6.06. The number of fused-ring (bicyclic) bond motifs is 3. The van der Waals surface area contributed by atoms with Crippen LogP contribution in [0, 0.1) is 17.7 Å². The highest BCUT2D eigenvalue weighted by atomic mass is 19.4. The van der Waals surface area contributed by atoms with Crippen LogP contribution in [0.1, 0.15) is 5.69 Å². The molecule has 1 aromatic carbocycles. The second-order valence-corrected chi connectivity index (χ2v) is 8.93. The monoisotopic (exact) mass is 520 g/mol. The molecule has 0 aliphatic carbocycles. The fraction of sp³-hybridized carbons (Fsp3) is 0.360. The van der Waals surface area contributed by atoms with Crippen LogP contribution < -0.4 is 5.32 Å². The highest BCUT2D eigenvalue weighted by Gasteiger charge is 2.60. The van der Waals surface area contributed by atoms with Crippen LogP contribution in [-0.2, 0) is 14.4 Å². The Bertz CT molecular complexity index is 1220. The van der Waals surface area contributed by atoms with Gasteiger partial charge in [-0.2, -0.15) is 13.2 Å². The number of carbonyl (C=O) groups is 3. The van der Waals surface area contributed by atoms with Gasteiger partial charge >= 0.3 is 12.1 Å². The number of aliphatic carboxylic acids is 1. The summed E-state index contributed by atoms with van der Waals surface area (Å²) in [7, 11) is 1.58. The molecular formula is C25H24F4N4O4. The summed E-state index contributed by atoms with van der Waals surface area (Å²) in [6, 6.07) is 10.1. The number of halogens is 4. The van der Waals surface area contributed by atoms with E-state index in [2.05, 4.69) is 15.2 Å². The third-order valence-electron chi connectivity index (χ3n) is 6.76. The number of hydrogen-bond acceptors (Lipinski definition) is 6. The van der Waals surface area contributed by atoms with Crippen molar-refractivity contribution < 1.29 is 37.1 Å². The number of nitrogens with zero attached hydrogens (tertiary/aromatic N) is 3. The smallest absolute Gasteiger partial charge is 0.475 e. The highest BCUT2D eigenvalue weighted by Crippen LogP contribution is 2.43. The van der Waals surface area contributed by atoms with E-state index in [1.54, 1.807) is 19.3 Å². The van der Waals surface area contributed by atoms with Gasteiger partial charge in [0.15, 0.2) is 0 Å². The summed E-state index contributed by atoms with van der Waals surface area (Å²) in [5.41, 5.74) is 2.38. The quantitative estimate of drug-likeness (QED) is 0.474. The van der Waals surface area contributed by atoms with E-state index in [9.17, 15) is 27.2 Å². The van der Waals surface area contributed by atoms with E-state index >= 15 is 0 Å². The van der Waals surface area contributed by atoms with Gasteiger partial charge in [0.1, 0.15) is 5.82 Å². The minimum Gasteiger partial charge on any atom is -0.475 e. The van der Waals surface area contributed by atoms with Crippen molar-refractivity contribution in [3.05, 3.63) is 60.2 Å². The molecule has 5 rings (SSSR count). The van der Waals surface area contributed by atoms with Gasteiger partial charge in [-0.15, -0.1) is 0 Å². The lowest BCUT2D eigenvalue weighted by Crippen LogP contribution is -2.54. The maximum absolute atomic E-state index is 13.5. The lowest BCUT2D eigenvalue weighted by atomic mass is 9.89. The molecule has 37 heavy (non-hydrogen) atoms. The van der Waals surface area contributed by atoms with Crippen molar-refractivity contribution in [2.45, 2.75) is 18.3 Å². The second-order valence-electron chi connectivity index (χ2n) is 8.93. The number of amides is 2. The number of carboxylic acids is 1. The van der Waals surface area contributed by atoms with Crippen molar-refractivity contribution in [1.82, 2.24) is 20.1 Å². The standard InChI is InChI=1S/C23H23FN4O2.C2HF3O2/c1-27-22(29)20-18(28-10-9-25-13-19(28)21(20)23(27)30)8-7-17-6-5-15(12-26-17)14-3-2-4-16(24)11-14;3-2(4,5)1(6)7/h2-8,11-12,18-21,25H,9-10,13H2,1H3;(H,6,7). The van der Waals surface area contributed by atoms with Crippen LogP contribution in [-0.4, -0.2) is 82.6 Å². The molecule has 0 bridgehead atoms. The zero-order chi connectivity index (χ0) is 26.9. The molecule has 3 saturated heterocycles. The Hall–Kier alpha value is -3.64. The molecule has 2 aromatic rings. The number of pyridine rings is 1. The van der Waals surface area contributed by atoms with E-state index < -0.39 is 12.1 Å². The summed E-state index contributed by atoms with van der Waals surface area (Å²) in [5.74, 6) is -3.82. The zero-order valence-corrected chi connectivity index (χ0v) is 19.7. The van der Waals surface area contributed by atoms with Gasteiger partial charge < -0.3 is 10.4 Å². The topological polar surface area (TPSA) is 103 Å². The molecule has 0 radical (unpaired) electrons. The van der Waals surface area contributed by atoms with Gasteiger partial charge in [-0.25, -0.2) is 9.18 Å². The lowest BCUT2D eigenvalue weighted by Gasteiger charge is -2.35. The van der Waals surface area contributed by atoms with E-state index in [0.29, 0.717) is 0 Å². The van der Waals surface area contributed by atoms with Gasteiger partial charge in [-0.3, -0.25) is 24.4 Å². The molecule has 4 atom stereocenters. The van der Waals surface area contributed by atoms with Crippen LogP contribution in [0.2, 0.25) is 0 Å². The summed E-state index contributed by atoms with van der Waals surface area (Å²) in [6.45, 7) is 2.38. The predicted octanol–water partition coefficient (Wildman–Crippen LogP) is 2.42. The molecule has 4 unspecified atom stereocenters. The first-order valence-electron chi connectivity index (χ1n) is 11.5. The van der Waals surface area contributed by atoms with E-state index in [0.717, 1.165) is 36.5 Å². The maximum Gasteiger partial charge on any atom is 0.490 e. The fourth-order valence-electron chi connectivity index (χ4n) is 5.05. The number of imide groups is 1. The Labute approximate surface area is 209 Å². The van der Waals surface area contributed by atoms with Crippen LogP contribution in [0.25, 0.3) is 17.2 Å². The first-order chi connectivity index (χ1) is 17.5.